The molecule has 0 spiro atoms. The van der Waals surface area contributed by atoms with Crippen LogP contribution in [0.4, 0.5) is 0 Å². The molecular weight excluding hydrogens is 489 g/mol. The molecule has 3 aromatic rings. The van der Waals surface area contributed by atoms with E-state index in [1.165, 1.54) is 11.1 Å². The van der Waals surface area contributed by atoms with E-state index in [1.807, 2.05) is 41.5 Å². The summed E-state index contributed by atoms with van der Waals surface area (Å²) in [7, 11) is 1.97. The van der Waals surface area contributed by atoms with E-state index in [0.717, 1.165) is 41.0 Å². The van der Waals surface area contributed by atoms with Crippen molar-refractivity contribution < 1.29 is 0 Å². The highest BCUT2D eigenvalue weighted by Crippen LogP contribution is 2.18. The highest BCUT2D eigenvalue weighted by atomic mass is 127. The molecule has 30 heavy (non-hydrogen) atoms. The van der Waals surface area contributed by atoms with Gasteiger partial charge in [0.25, 0.3) is 0 Å². The van der Waals surface area contributed by atoms with Crippen molar-refractivity contribution in [3.8, 4) is 5.69 Å². The molecule has 0 bridgehead atoms. The lowest BCUT2D eigenvalue weighted by Gasteiger charge is -2.12. The van der Waals surface area contributed by atoms with Gasteiger partial charge in [0, 0.05) is 42.7 Å². The summed E-state index contributed by atoms with van der Waals surface area (Å²) in [5.41, 5.74) is 7.77. The molecule has 0 unspecified atom stereocenters. The van der Waals surface area contributed by atoms with Crippen LogP contribution >= 0.6 is 24.0 Å². The molecule has 2 aromatic heterocycles. The summed E-state index contributed by atoms with van der Waals surface area (Å²) in [4.78, 5) is 4.77. The third kappa shape index (κ3) is 5.21. The third-order valence-corrected chi connectivity index (χ3v) is 5.27. The van der Waals surface area contributed by atoms with Crippen molar-refractivity contribution in [3.05, 3.63) is 64.2 Å². The van der Waals surface area contributed by atoms with Gasteiger partial charge in [0.2, 0.25) is 0 Å². The van der Waals surface area contributed by atoms with Gasteiger partial charge in [0.15, 0.2) is 5.96 Å². The summed E-state index contributed by atoms with van der Waals surface area (Å²) < 4.78 is 3.91. The van der Waals surface area contributed by atoms with Gasteiger partial charge in [-0.25, -0.2) is 9.67 Å². The standard InChI is InChI=1S/C22H31N7.HI/c1-7-23-22(24-13-20-15(2)26-28(6)17(20)4)25-14-21-16(3)27-29(18(21)5)19-11-9-8-10-12-19;/h8-12H,7,13-14H2,1-6H3,(H2,23,24,25);1H. The second-order valence-corrected chi connectivity index (χ2v) is 7.22. The van der Waals surface area contributed by atoms with E-state index in [0.29, 0.717) is 13.1 Å². The molecule has 0 saturated heterocycles. The van der Waals surface area contributed by atoms with Gasteiger partial charge in [-0.2, -0.15) is 10.2 Å². The maximum Gasteiger partial charge on any atom is 0.191 e. The molecule has 7 nitrogen and oxygen atoms in total. The average Bonchev–Trinajstić information content (AvgIpc) is 3.13. The normalized spacial score (nSPS) is 11.3. The van der Waals surface area contributed by atoms with Crippen molar-refractivity contribution in [1.29, 1.82) is 0 Å². The minimum Gasteiger partial charge on any atom is -0.357 e. The van der Waals surface area contributed by atoms with Gasteiger partial charge in [-0.1, -0.05) is 18.2 Å². The Kier molecular flexibility index (Phi) is 8.45. The number of nitrogens with zero attached hydrogens (tertiary/aromatic N) is 5. The zero-order valence-electron chi connectivity index (χ0n) is 18.7. The van der Waals surface area contributed by atoms with E-state index < -0.39 is 0 Å². The molecule has 2 heterocycles. The number of rotatable bonds is 6. The van der Waals surface area contributed by atoms with Crippen LogP contribution in [0.25, 0.3) is 5.69 Å². The zero-order valence-corrected chi connectivity index (χ0v) is 21.0. The van der Waals surface area contributed by atoms with Crippen molar-refractivity contribution in [2.75, 3.05) is 6.54 Å². The van der Waals surface area contributed by atoms with Gasteiger partial charge in [-0.15, -0.1) is 24.0 Å². The van der Waals surface area contributed by atoms with Crippen LogP contribution in [0.15, 0.2) is 35.3 Å². The van der Waals surface area contributed by atoms with E-state index in [4.69, 9.17) is 10.1 Å². The summed E-state index contributed by atoms with van der Waals surface area (Å²) in [5, 5.41) is 16.0. The molecule has 0 atom stereocenters. The van der Waals surface area contributed by atoms with Crippen LogP contribution in [0.1, 0.15) is 40.8 Å². The first kappa shape index (κ1) is 23.9. The van der Waals surface area contributed by atoms with Crippen LogP contribution in [0, 0.1) is 27.7 Å². The summed E-state index contributed by atoms with van der Waals surface area (Å²) in [6.45, 7) is 12.4. The lowest BCUT2D eigenvalue weighted by molar-refractivity contribution is 0.730. The number of para-hydroxylation sites is 1. The van der Waals surface area contributed by atoms with E-state index in [2.05, 4.69) is 55.6 Å². The van der Waals surface area contributed by atoms with Crippen LogP contribution in [0.3, 0.4) is 0 Å². The third-order valence-electron chi connectivity index (χ3n) is 5.27. The molecule has 8 heteroatoms. The second-order valence-electron chi connectivity index (χ2n) is 7.22. The fraction of sp³-hybridized carbons (Fsp3) is 0.409. The molecule has 1 aromatic carbocycles. The predicted molar refractivity (Wildman–Crippen MR) is 133 cm³/mol. The molecule has 0 saturated carbocycles. The number of hydrogen-bond acceptors (Lipinski definition) is 3. The molecule has 0 aliphatic rings. The Morgan fingerprint density at radius 3 is 2.20 bits per heavy atom. The molecule has 2 N–H and O–H groups in total. The molecule has 0 fully saturated rings. The van der Waals surface area contributed by atoms with E-state index >= 15 is 0 Å². The van der Waals surface area contributed by atoms with Crippen molar-refractivity contribution in [2.24, 2.45) is 12.0 Å². The lowest BCUT2D eigenvalue weighted by Crippen LogP contribution is -2.37. The molecule has 0 aliphatic carbocycles. The smallest absolute Gasteiger partial charge is 0.191 e. The minimum absolute atomic E-state index is 0. The predicted octanol–water partition coefficient (Wildman–Crippen LogP) is 3.71. The van der Waals surface area contributed by atoms with Gasteiger partial charge >= 0.3 is 0 Å². The maximum absolute atomic E-state index is 4.77. The number of hydrogen-bond donors (Lipinski definition) is 2. The molecule has 0 aliphatic heterocycles. The molecule has 3 rings (SSSR count). The molecular formula is C22H32IN7. The fourth-order valence-electron chi connectivity index (χ4n) is 3.47. The van der Waals surface area contributed by atoms with Crippen LogP contribution in [-0.4, -0.2) is 32.1 Å². The van der Waals surface area contributed by atoms with E-state index in [9.17, 15) is 0 Å². The average molecular weight is 521 g/mol. The van der Waals surface area contributed by atoms with Crippen LogP contribution < -0.4 is 10.6 Å². The summed E-state index contributed by atoms with van der Waals surface area (Å²) in [6, 6.07) is 10.2. The first-order chi connectivity index (χ1) is 13.9. The number of guanidine groups is 1. The van der Waals surface area contributed by atoms with Crippen LogP contribution in [-0.2, 0) is 20.1 Å². The van der Waals surface area contributed by atoms with Gasteiger partial charge < -0.3 is 10.6 Å². The quantitative estimate of drug-likeness (QED) is 0.295. The number of aromatic nitrogens is 4. The SMILES string of the molecule is CCNC(=NCc1c(C)nn(C)c1C)NCc1c(C)nn(-c2ccccc2)c1C.I. The Labute approximate surface area is 196 Å². The maximum atomic E-state index is 4.77. The zero-order chi connectivity index (χ0) is 21.0. The monoisotopic (exact) mass is 521 g/mol. The Morgan fingerprint density at radius 2 is 1.60 bits per heavy atom. The molecule has 0 amide bonds. The van der Waals surface area contributed by atoms with E-state index in [1.54, 1.807) is 0 Å². The van der Waals surface area contributed by atoms with Crippen molar-refractivity contribution in [3.63, 3.8) is 0 Å². The van der Waals surface area contributed by atoms with E-state index in [-0.39, 0.29) is 24.0 Å². The van der Waals surface area contributed by atoms with Crippen molar-refractivity contribution in [1.82, 2.24) is 30.2 Å². The highest BCUT2D eigenvalue weighted by molar-refractivity contribution is 14.0. The first-order valence-electron chi connectivity index (χ1n) is 10.0. The number of halogens is 1. The number of aliphatic imine (C=N–C) groups is 1. The first-order valence-corrected chi connectivity index (χ1v) is 10.0. The van der Waals surface area contributed by atoms with Crippen molar-refractivity contribution in [2.45, 2.75) is 47.7 Å². The van der Waals surface area contributed by atoms with Gasteiger partial charge in [-0.3, -0.25) is 4.68 Å². The van der Waals surface area contributed by atoms with Crippen LogP contribution in [0.5, 0.6) is 0 Å². The topological polar surface area (TPSA) is 72.1 Å². The van der Waals surface area contributed by atoms with Crippen molar-refractivity contribution >= 4 is 29.9 Å². The van der Waals surface area contributed by atoms with Crippen LogP contribution in [0.2, 0.25) is 0 Å². The highest BCUT2D eigenvalue weighted by Gasteiger charge is 2.14. The number of aryl methyl sites for hydroxylation is 3. The lowest BCUT2D eigenvalue weighted by atomic mass is 10.2. The largest absolute Gasteiger partial charge is 0.357 e. The van der Waals surface area contributed by atoms with Gasteiger partial charge in [0.05, 0.1) is 23.6 Å². The molecule has 162 valence electrons. The van der Waals surface area contributed by atoms with Gasteiger partial charge in [-0.05, 0) is 46.8 Å². The summed E-state index contributed by atoms with van der Waals surface area (Å²) in [6.07, 6.45) is 0. The van der Waals surface area contributed by atoms with Gasteiger partial charge in [0.1, 0.15) is 0 Å². The minimum atomic E-state index is 0. The second kappa shape index (κ2) is 10.6. The Bertz CT molecular complexity index is 1000. The fourth-order valence-corrected chi connectivity index (χ4v) is 3.47. The number of nitrogens with one attached hydrogen (secondary N) is 2. The molecule has 0 radical (unpaired) electrons. The Hall–Kier alpha value is -2.36. The number of benzene rings is 1. The summed E-state index contributed by atoms with van der Waals surface area (Å²) >= 11 is 0. The Morgan fingerprint density at radius 1 is 0.933 bits per heavy atom. The Balaban J connectivity index is 0.00000320. The summed E-state index contributed by atoms with van der Waals surface area (Å²) in [5.74, 6) is 0.793.